The lowest BCUT2D eigenvalue weighted by Gasteiger charge is -2.30. The van der Waals surface area contributed by atoms with Crippen molar-refractivity contribution in [3.05, 3.63) is 40.1 Å². The van der Waals surface area contributed by atoms with E-state index in [1.165, 1.54) is 0 Å². The van der Waals surface area contributed by atoms with Crippen molar-refractivity contribution in [1.82, 2.24) is 0 Å². The summed E-state index contributed by atoms with van der Waals surface area (Å²) in [5, 5.41) is 0. The Labute approximate surface area is 116 Å². The fourth-order valence-corrected chi connectivity index (χ4v) is 3.03. The maximum atomic E-state index is 6.16. The van der Waals surface area contributed by atoms with Crippen LogP contribution in [0.25, 0.3) is 5.70 Å². The van der Waals surface area contributed by atoms with Gasteiger partial charge in [-0.25, -0.2) is 0 Å². The third kappa shape index (κ3) is 1.22. The number of rotatable bonds is 0. The van der Waals surface area contributed by atoms with E-state index in [4.69, 9.17) is 34.4 Å². The largest absolute Gasteiger partial charge is 0.397 e. The first-order valence-corrected chi connectivity index (χ1v) is 6.26. The Morgan fingerprint density at radius 2 is 1.40 bits per heavy atom. The highest BCUT2D eigenvalue weighted by molar-refractivity contribution is 6.00. The first-order valence-electron chi connectivity index (χ1n) is 6.26. The third-order valence-corrected chi connectivity index (χ3v) is 4.13. The minimum Gasteiger partial charge on any atom is -0.397 e. The molecule has 1 unspecified atom stereocenters. The van der Waals surface area contributed by atoms with Crippen LogP contribution in [0.5, 0.6) is 0 Å². The highest BCUT2D eigenvalue weighted by Crippen LogP contribution is 2.51. The minimum absolute atomic E-state index is 0.0671. The third-order valence-electron chi connectivity index (χ3n) is 4.13. The summed E-state index contributed by atoms with van der Waals surface area (Å²) in [5.41, 5.74) is 42.1. The molecule has 3 rings (SSSR count). The molecule has 2 aliphatic carbocycles. The molecule has 0 spiro atoms. The van der Waals surface area contributed by atoms with Gasteiger partial charge in [0.1, 0.15) is 0 Å². The number of nitrogens with two attached hydrogens (primary N) is 6. The van der Waals surface area contributed by atoms with Crippen molar-refractivity contribution in [1.29, 1.82) is 0 Å². The molecule has 6 heteroatoms. The van der Waals surface area contributed by atoms with Gasteiger partial charge in [-0.1, -0.05) is 12.2 Å². The molecule has 0 bridgehead atoms. The summed E-state index contributed by atoms with van der Waals surface area (Å²) in [5.74, 6) is -0.0671. The van der Waals surface area contributed by atoms with Crippen LogP contribution in [-0.4, -0.2) is 0 Å². The van der Waals surface area contributed by atoms with Crippen molar-refractivity contribution >= 4 is 28.4 Å². The average Bonchev–Trinajstić information content (AvgIpc) is 2.80. The quantitative estimate of drug-likeness (QED) is 0.379. The van der Waals surface area contributed by atoms with Crippen LogP contribution >= 0.6 is 0 Å². The maximum absolute atomic E-state index is 6.16. The van der Waals surface area contributed by atoms with E-state index >= 15 is 0 Å². The monoisotopic (exact) mass is 270 g/mol. The first-order chi connectivity index (χ1) is 9.36. The van der Waals surface area contributed by atoms with Gasteiger partial charge >= 0.3 is 0 Å². The summed E-state index contributed by atoms with van der Waals surface area (Å²) < 4.78 is 0. The molecule has 0 aliphatic heterocycles. The highest BCUT2D eigenvalue weighted by atomic mass is 14.8. The minimum atomic E-state index is -0.0671. The van der Waals surface area contributed by atoms with Crippen molar-refractivity contribution < 1.29 is 0 Å². The van der Waals surface area contributed by atoms with E-state index in [1.54, 1.807) is 0 Å². The van der Waals surface area contributed by atoms with Gasteiger partial charge in [-0.3, -0.25) is 0 Å². The Bertz CT molecular complexity index is 739. The maximum Gasteiger partial charge on any atom is 0.0809 e. The SMILES string of the molecule is CC1=C2C(N)=C(N)c3c(N)c(N)c(N)c(N)c3C2C=C1. The van der Waals surface area contributed by atoms with Crippen molar-refractivity contribution in [2.45, 2.75) is 12.8 Å². The molecule has 104 valence electrons. The molecule has 6 nitrogen and oxygen atoms in total. The van der Waals surface area contributed by atoms with E-state index in [0.717, 1.165) is 16.7 Å². The molecule has 1 aromatic carbocycles. The van der Waals surface area contributed by atoms with E-state index < -0.39 is 0 Å². The topological polar surface area (TPSA) is 156 Å². The van der Waals surface area contributed by atoms with Crippen LogP contribution in [0.1, 0.15) is 24.0 Å². The smallest absolute Gasteiger partial charge is 0.0809 e. The van der Waals surface area contributed by atoms with E-state index in [1.807, 2.05) is 19.1 Å². The molecule has 0 heterocycles. The predicted octanol–water partition coefficient (Wildman–Crippen LogP) is 0.585. The summed E-state index contributed by atoms with van der Waals surface area (Å²) in [6, 6.07) is 0. The van der Waals surface area contributed by atoms with Crippen LogP contribution in [0.4, 0.5) is 22.7 Å². The Morgan fingerprint density at radius 3 is 2.05 bits per heavy atom. The number of nitrogen functional groups attached to an aromatic ring is 4. The first kappa shape index (κ1) is 12.3. The van der Waals surface area contributed by atoms with Gasteiger partial charge in [0.15, 0.2) is 0 Å². The Balaban J connectivity index is 2.48. The van der Waals surface area contributed by atoms with Gasteiger partial charge in [0.25, 0.3) is 0 Å². The molecule has 0 saturated heterocycles. The zero-order valence-corrected chi connectivity index (χ0v) is 11.2. The van der Waals surface area contributed by atoms with Crippen LogP contribution in [0.2, 0.25) is 0 Å². The highest BCUT2D eigenvalue weighted by Gasteiger charge is 2.35. The zero-order chi connectivity index (χ0) is 14.8. The fraction of sp³-hybridized carbons (Fsp3) is 0.143. The average molecular weight is 270 g/mol. The summed E-state index contributed by atoms with van der Waals surface area (Å²) >= 11 is 0. The van der Waals surface area contributed by atoms with Gasteiger partial charge in [0, 0.05) is 17.0 Å². The predicted molar refractivity (Wildman–Crippen MR) is 84.0 cm³/mol. The standard InChI is InChI=1S/C14H18N6/c1-4-2-3-5-6(4)9(15)11(17)8-7(5)10(16)13(19)14(20)12(8)18/h2-3,5H,15-20H2,1H3. The Kier molecular flexibility index (Phi) is 2.23. The number of allylic oxidation sites excluding steroid dienone is 4. The zero-order valence-electron chi connectivity index (χ0n) is 11.2. The molecule has 1 aromatic rings. The lowest BCUT2D eigenvalue weighted by molar-refractivity contribution is 0.975. The number of anilines is 4. The van der Waals surface area contributed by atoms with Gasteiger partial charge < -0.3 is 34.4 Å². The van der Waals surface area contributed by atoms with Gasteiger partial charge in [0.2, 0.25) is 0 Å². The second kappa shape index (κ2) is 3.63. The normalized spacial score (nSPS) is 20.4. The molecule has 1 atom stereocenters. The molecule has 0 amide bonds. The van der Waals surface area contributed by atoms with Crippen molar-refractivity contribution in [2.75, 3.05) is 22.9 Å². The van der Waals surface area contributed by atoms with Crippen LogP contribution in [0, 0.1) is 0 Å². The van der Waals surface area contributed by atoms with Crippen molar-refractivity contribution in [3.63, 3.8) is 0 Å². The van der Waals surface area contributed by atoms with Crippen LogP contribution < -0.4 is 34.4 Å². The van der Waals surface area contributed by atoms with E-state index in [9.17, 15) is 0 Å². The number of hydrogen-bond donors (Lipinski definition) is 6. The van der Waals surface area contributed by atoms with Crippen LogP contribution in [-0.2, 0) is 0 Å². The Hall–Kier alpha value is -2.76. The summed E-state index contributed by atoms with van der Waals surface area (Å²) in [6.45, 7) is 1.98. The molecular formula is C14H18N6. The van der Waals surface area contributed by atoms with Crippen LogP contribution in [0.15, 0.2) is 29.0 Å². The fourth-order valence-electron chi connectivity index (χ4n) is 3.03. The molecule has 0 fully saturated rings. The van der Waals surface area contributed by atoms with E-state index in [-0.39, 0.29) is 11.6 Å². The van der Waals surface area contributed by atoms with Gasteiger partial charge in [-0.2, -0.15) is 0 Å². The van der Waals surface area contributed by atoms with E-state index in [0.29, 0.717) is 34.0 Å². The lowest BCUT2D eigenvalue weighted by Crippen LogP contribution is -2.24. The molecule has 12 N–H and O–H groups in total. The van der Waals surface area contributed by atoms with Crippen molar-refractivity contribution in [2.24, 2.45) is 11.5 Å². The summed E-state index contributed by atoms with van der Waals surface area (Å²) in [6.07, 6.45) is 4.02. The number of hydrogen-bond acceptors (Lipinski definition) is 6. The number of benzene rings is 1. The second-order valence-electron chi connectivity index (χ2n) is 5.20. The molecular weight excluding hydrogens is 252 g/mol. The molecule has 20 heavy (non-hydrogen) atoms. The lowest BCUT2D eigenvalue weighted by atomic mass is 9.78. The number of fused-ring (bicyclic) bond motifs is 3. The van der Waals surface area contributed by atoms with Crippen molar-refractivity contribution in [3.8, 4) is 0 Å². The van der Waals surface area contributed by atoms with Gasteiger partial charge in [-0.05, 0) is 18.1 Å². The molecule has 0 radical (unpaired) electrons. The molecule has 0 saturated carbocycles. The Morgan fingerprint density at radius 1 is 0.800 bits per heavy atom. The molecule has 2 aliphatic rings. The molecule has 0 aromatic heterocycles. The summed E-state index contributed by atoms with van der Waals surface area (Å²) in [7, 11) is 0. The second-order valence-corrected chi connectivity index (χ2v) is 5.20. The summed E-state index contributed by atoms with van der Waals surface area (Å²) in [4.78, 5) is 0. The van der Waals surface area contributed by atoms with Gasteiger partial charge in [0.05, 0.1) is 34.1 Å². The van der Waals surface area contributed by atoms with Crippen LogP contribution in [0.3, 0.4) is 0 Å². The van der Waals surface area contributed by atoms with Gasteiger partial charge in [-0.15, -0.1) is 0 Å². The van der Waals surface area contributed by atoms with E-state index in [2.05, 4.69) is 0 Å².